The molecule has 1 rings (SSSR count). The van der Waals surface area contributed by atoms with Crippen molar-refractivity contribution in [3.05, 3.63) is 35.9 Å². The van der Waals surface area contributed by atoms with Crippen molar-refractivity contribution in [2.75, 3.05) is 20.6 Å². The molecule has 0 aliphatic heterocycles. The third-order valence-corrected chi connectivity index (χ3v) is 1.74. The first-order chi connectivity index (χ1) is 6.18. The van der Waals surface area contributed by atoms with E-state index < -0.39 is 0 Å². The lowest BCUT2D eigenvalue weighted by Crippen LogP contribution is -2.22. The molecule has 0 aromatic heterocycles. The van der Waals surface area contributed by atoms with Gasteiger partial charge in [-0.2, -0.15) is 0 Å². The highest BCUT2D eigenvalue weighted by Crippen LogP contribution is 2.00. The molecule has 1 aromatic rings. The molecule has 0 aliphatic carbocycles. The van der Waals surface area contributed by atoms with Crippen LogP contribution in [-0.4, -0.2) is 31.3 Å². The maximum atomic E-state index is 11.4. The Hall–Kier alpha value is -1.15. The van der Waals surface area contributed by atoms with Crippen LogP contribution in [0, 0.1) is 0 Å². The number of carbonyl (C=O) groups is 1. The SMILES string of the molecule is CN(C)CC(=O)Cc1ccccc1. The van der Waals surface area contributed by atoms with Gasteiger partial charge in [-0.25, -0.2) is 0 Å². The second kappa shape index (κ2) is 4.77. The van der Waals surface area contributed by atoms with Crippen LogP contribution in [0.15, 0.2) is 30.3 Å². The van der Waals surface area contributed by atoms with Gasteiger partial charge >= 0.3 is 0 Å². The van der Waals surface area contributed by atoms with Gasteiger partial charge in [-0.05, 0) is 19.7 Å². The van der Waals surface area contributed by atoms with Gasteiger partial charge in [0.1, 0.15) is 0 Å². The molecule has 0 unspecified atom stereocenters. The Kier molecular flexibility index (Phi) is 3.65. The van der Waals surface area contributed by atoms with E-state index in [4.69, 9.17) is 0 Å². The summed E-state index contributed by atoms with van der Waals surface area (Å²) in [5.41, 5.74) is 1.09. The van der Waals surface area contributed by atoms with E-state index in [9.17, 15) is 4.79 Å². The molecule has 2 nitrogen and oxygen atoms in total. The van der Waals surface area contributed by atoms with Gasteiger partial charge < -0.3 is 4.90 Å². The highest BCUT2D eigenvalue weighted by atomic mass is 16.1. The zero-order valence-corrected chi connectivity index (χ0v) is 8.16. The Balaban J connectivity index is 2.46. The summed E-state index contributed by atoms with van der Waals surface area (Å²) in [4.78, 5) is 13.3. The first-order valence-electron chi connectivity index (χ1n) is 4.39. The van der Waals surface area contributed by atoms with Crippen LogP contribution in [0.1, 0.15) is 5.56 Å². The average molecular weight is 177 g/mol. The number of hydrogen-bond acceptors (Lipinski definition) is 2. The summed E-state index contributed by atoms with van der Waals surface area (Å²) >= 11 is 0. The minimum absolute atomic E-state index is 0.260. The highest BCUT2D eigenvalue weighted by molar-refractivity contribution is 5.82. The zero-order chi connectivity index (χ0) is 9.68. The molecule has 0 radical (unpaired) electrons. The van der Waals surface area contributed by atoms with E-state index in [1.165, 1.54) is 0 Å². The largest absolute Gasteiger partial charge is 0.302 e. The first-order valence-corrected chi connectivity index (χ1v) is 4.39. The van der Waals surface area contributed by atoms with E-state index in [0.717, 1.165) is 5.56 Å². The van der Waals surface area contributed by atoms with Gasteiger partial charge in [-0.1, -0.05) is 30.3 Å². The summed E-state index contributed by atoms with van der Waals surface area (Å²) in [5.74, 6) is 0.260. The van der Waals surface area contributed by atoms with Crippen LogP contribution >= 0.6 is 0 Å². The fourth-order valence-corrected chi connectivity index (χ4v) is 1.23. The van der Waals surface area contributed by atoms with Crippen LogP contribution < -0.4 is 0 Å². The van der Waals surface area contributed by atoms with Gasteiger partial charge in [0, 0.05) is 6.42 Å². The van der Waals surface area contributed by atoms with Crippen molar-refractivity contribution < 1.29 is 4.79 Å². The van der Waals surface area contributed by atoms with Crippen LogP contribution in [0.2, 0.25) is 0 Å². The number of ketones is 1. The molecule has 0 saturated heterocycles. The minimum Gasteiger partial charge on any atom is -0.302 e. The monoisotopic (exact) mass is 177 g/mol. The molecule has 13 heavy (non-hydrogen) atoms. The first kappa shape index (κ1) is 9.93. The lowest BCUT2D eigenvalue weighted by atomic mass is 10.1. The van der Waals surface area contributed by atoms with Crippen molar-refractivity contribution in [3.8, 4) is 0 Å². The summed E-state index contributed by atoms with van der Waals surface area (Å²) < 4.78 is 0. The Bertz CT molecular complexity index is 267. The van der Waals surface area contributed by atoms with E-state index in [-0.39, 0.29) is 5.78 Å². The minimum atomic E-state index is 0.260. The molecule has 0 bridgehead atoms. The third kappa shape index (κ3) is 3.85. The summed E-state index contributed by atoms with van der Waals surface area (Å²) in [5, 5.41) is 0. The van der Waals surface area contributed by atoms with Crippen molar-refractivity contribution in [1.29, 1.82) is 0 Å². The predicted molar refractivity (Wildman–Crippen MR) is 53.7 cm³/mol. The fourth-order valence-electron chi connectivity index (χ4n) is 1.23. The molecule has 0 atom stereocenters. The fraction of sp³-hybridized carbons (Fsp3) is 0.364. The summed E-state index contributed by atoms with van der Waals surface area (Å²) in [6.45, 7) is 0.523. The molecule has 2 heteroatoms. The van der Waals surface area contributed by atoms with E-state index in [0.29, 0.717) is 13.0 Å². The van der Waals surface area contributed by atoms with Crippen molar-refractivity contribution >= 4 is 5.78 Å². The van der Waals surface area contributed by atoms with Gasteiger partial charge in [0.25, 0.3) is 0 Å². The van der Waals surface area contributed by atoms with Gasteiger partial charge in [0.05, 0.1) is 6.54 Å². The number of carbonyl (C=O) groups excluding carboxylic acids is 1. The second-order valence-electron chi connectivity index (χ2n) is 3.44. The molecule has 0 N–H and O–H groups in total. The van der Waals surface area contributed by atoms with Crippen molar-refractivity contribution in [1.82, 2.24) is 4.90 Å². The topological polar surface area (TPSA) is 20.3 Å². The van der Waals surface area contributed by atoms with Gasteiger partial charge in [0.15, 0.2) is 5.78 Å². The van der Waals surface area contributed by atoms with Crippen LogP contribution in [0.5, 0.6) is 0 Å². The maximum Gasteiger partial charge on any atom is 0.151 e. The van der Waals surface area contributed by atoms with Gasteiger partial charge in [0.2, 0.25) is 0 Å². The molecule has 0 spiro atoms. The lowest BCUT2D eigenvalue weighted by molar-refractivity contribution is -0.119. The average Bonchev–Trinajstić information content (AvgIpc) is 2.04. The molecular weight excluding hydrogens is 162 g/mol. The molecule has 0 aliphatic rings. The highest BCUT2D eigenvalue weighted by Gasteiger charge is 2.03. The quantitative estimate of drug-likeness (QED) is 0.692. The normalized spacial score (nSPS) is 10.4. The molecule has 70 valence electrons. The lowest BCUT2D eigenvalue weighted by Gasteiger charge is -2.07. The van der Waals surface area contributed by atoms with Gasteiger partial charge in [-0.3, -0.25) is 4.79 Å². The van der Waals surface area contributed by atoms with Crippen LogP contribution in [0.25, 0.3) is 0 Å². The molecule has 1 aromatic carbocycles. The molecule has 0 saturated carbocycles. The number of Topliss-reactive ketones (excluding diaryl/α,β-unsaturated/α-hetero) is 1. The van der Waals surface area contributed by atoms with E-state index in [1.807, 2.05) is 49.3 Å². The Labute approximate surface area is 79.2 Å². The number of rotatable bonds is 4. The van der Waals surface area contributed by atoms with Crippen molar-refractivity contribution in [2.24, 2.45) is 0 Å². The smallest absolute Gasteiger partial charge is 0.151 e. The molecular formula is C11H15NO. The van der Waals surface area contributed by atoms with E-state index in [1.54, 1.807) is 0 Å². The zero-order valence-electron chi connectivity index (χ0n) is 8.16. The number of nitrogens with zero attached hydrogens (tertiary/aromatic N) is 1. The second-order valence-corrected chi connectivity index (χ2v) is 3.44. The number of hydrogen-bond donors (Lipinski definition) is 0. The number of benzene rings is 1. The predicted octanol–water partition coefficient (Wildman–Crippen LogP) is 1.36. The van der Waals surface area contributed by atoms with Crippen LogP contribution in [0.4, 0.5) is 0 Å². The molecule has 0 heterocycles. The Morgan fingerprint density at radius 3 is 2.38 bits per heavy atom. The third-order valence-electron chi connectivity index (χ3n) is 1.74. The summed E-state index contributed by atoms with van der Waals surface area (Å²) in [7, 11) is 3.81. The van der Waals surface area contributed by atoms with Crippen molar-refractivity contribution in [3.63, 3.8) is 0 Å². The molecule has 0 amide bonds. The van der Waals surface area contributed by atoms with Crippen LogP contribution in [-0.2, 0) is 11.2 Å². The number of likely N-dealkylation sites (N-methyl/N-ethyl adjacent to an activating group) is 1. The standard InChI is InChI=1S/C11H15NO/c1-12(2)9-11(13)8-10-6-4-3-5-7-10/h3-7H,8-9H2,1-2H3. The summed E-state index contributed by atoms with van der Waals surface area (Å²) in [6, 6.07) is 9.83. The summed E-state index contributed by atoms with van der Waals surface area (Å²) in [6.07, 6.45) is 0.541. The Morgan fingerprint density at radius 2 is 1.85 bits per heavy atom. The van der Waals surface area contributed by atoms with E-state index in [2.05, 4.69) is 0 Å². The van der Waals surface area contributed by atoms with E-state index >= 15 is 0 Å². The molecule has 0 fully saturated rings. The van der Waals surface area contributed by atoms with Gasteiger partial charge in [-0.15, -0.1) is 0 Å². The Morgan fingerprint density at radius 1 is 1.23 bits per heavy atom. The van der Waals surface area contributed by atoms with Crippen LogP contribution in [0.3, 0.4) is 0 Å². The van der Waals surface area contributed by atoms with Crippen molar-refractivity contribution in [2.45, 2.75) is 6.42 Å². The maximum absolute atomic E-state index is 11.4.